The van der Waals surface area contributed by atoms with E-state index in [-0.39, 0.29) is 0 Å². The molecule has 0 saturated heterocycles. The molecule has 1 aromatic rings. The topological polar surface area (TPSA) is 9.23 Å². The Kier molecular flexibility index (Phi) is 12.2. The van der Waals surface area contributed by atoms with Gasteiger partial charge in [0.1, 0.15) is 0 Å². The van der Waals surface area contributed by atoms with Gasteiger partial charge in [0.25, 0.3) is 0 Å². The van der Waals surface area contributed by atoms with Crippen LogP contribution < -0.4 is 0 Å². The summed E-state index contributed by atoms with van der Waals surface area (Å²) in [5, 5.41) is 0. The summed E-state index contributed by atoms with van der Waals surface area (Å²) in [4.78, 5) is 0. The number of hydrogen-bond acceptors (Lipinski definition) is 1. The molecule has 0 aliphatic rings. The molecular formula is C24H40O. The molecule has 1 heteroatoms. The van der Waals surface area contributed by atoms with Crippen LogP contribution in [-0.2, 0) is 4.74 Å². The third kappa shape index (κ3) is 9.14. The zero-order valence-corrected chi connectivity index (χ0v) is 17.2. The van der Waals surface area contributed by atoms with Crippen molar-refractivity contribution in [1.82, 2.24) is 0 Å². The van der Waals surface area contributed by atoms with Crippen molar-refractivity contribution in [2.24, 2.45) is 0 Å². The van der Waals surface area contributed by atoms with Crippen LogP contribution in [0.2, 0.25) is 0 Å². The van der Waals surface area contributed by atoms with E-state index in [1.807, 2.05) is 0 Å². The SMILES string of the molecule is CCCCCCCCCCOC(CCCC)=C(C)c1ccccc1C. The Hall–Kier alpha value is -1.24. The molecule has 0 amide bonds. The Bertz CT molecular complexity index is 487. The second kappa shape index (κ2) is 14.0. The van der Waals surface area contributed by atoms with E-state index < -0.39 is 0 Å². The second-order valence-electron chi connectivity index (χ2n) is 7.29. The fraction of sp³-hybridized carbons (Fsp3) is 0.667. The van der Waals surface area contributed by atoms with Crippen molar-refractivity contribution < 1.29 is 4.74 Å². The fourth-order valence-corrected chi connectivity index (χ4v) is 3.28. The standard InChI is InChI=1S/C24H40O/c1-5-7-9-10-11-12-13-16-20-25-24(19-8-6-2)22(4)23-18-15-14-17-21(23)3/h14-15,17-18H,5-13,16,19-20H2,1-4H3. The monoisotopic (exact) mass is 344 g/mol. The van der Waals surface area contributed by atoms with Gasteiger partial charge < -0.3 is 4.74 Å². The maximum Gasteiger partial charge on any atom is 0.0994 e. The average molecular weight is 345 g/mol. The first-order valence-corrected chi connectivity index (χ1v) is 10.6. The highest BCUT2D eigenvalue weighted by Crippen LogP contribution is 2.25. The summed E-state index contributed by atoms with van der Waals surface area (Å²) in [5.41, 5.74) is 4.00. The van der Waals surface area contributed by atoms with Gasteiger partial charge in [-0.3, -0.25) is 0 Å². The first-order valence-electron chi connectivity index (χ1n) is 10.6. The van der Waals surface area contributed by atoms with Crippen LogP contribution in [0.3, 0.4) is 0 Å². The maximum atomic E-state index is 6.24. The fourth-order valence-electron chi connectivity index (χ4n) is 3.28. The average Bonchev–Trinajstić information content (AvgIpc) is 2.62. The van der Waals surface area contributed by atoms with Crippen LogP contribution in [0, 0.1) is 6.92 Å². The molecule has 0 N–H and O–H groups in total. The Morgan fingerprint density at radius 1 is 0.800 bits per heavy atom. The van der Waals surface area contributed by atoms with Crippen LogP contribution in [0.15, 0.2) is 30.0 Å². The molecule has 1 rings (SSSR count). The minimum Gasteiger partial charge on any atom is -0.498 e. The minimum atomic E-state index is 0.872. The molecule has 0 fully saturated rings. The van der Waals surface area contributed by atoms with Gasteiger partial charge in [-0.05, 0) is 43.4 Å². The lowest BCUT2D eigenvalue weighted by Crippen LogP contribution is -2.00. The van der Waals surface area contributed by atoms with Gasteiger partial charge in [-0.25, -0.2) is 0 Å². The Labute approximate surface area is 156 Å². The van der Waals surface area contributed by atoms with Gasteiger partial charge in [0.15, 0.2) is 0 Å². The second-order valence-corrected chi connectivity index (χ2v) is 7.29. The number of unbranched alkanes of at least 4 members (excludes halogenated alkanes) is 8. The van der Waals surface area contributed by atoms with Gasteiger partial charge in [-0.15, -0.1) is 0 Å². The molecule has 0 aliphatic heterocycles. The van der Waals surface area contributed by atoms with E-state index in [0.29, 0.717) is 0 Å². The molecule has 0 spiro atoms. The van der Waals surface area contributed by atoms with Crippen LogP contribution in [0.5, 0.6) is 0 Å². The highest BCUT2D eigenvalue weighted by Gasteiger charge is 2.08. The number of benzene rings is 1. The van der Waals surface area contributed by atoms with E-state index in [9.17, 15) is 0 Å². The predicted octanol–water partition coefficient (Wildman–Crippen LogP) is 8.07. The third-order valence-electron chi connectivity index (χ3n) is 5.00. The Morgan fingerprint density at radius 3 is 2.04 bits per heavy atom. The van der Waals surface area contributed by atoms with E-state index in [0.717, 1.165) is 13.0 Å². The Morgan fingerprint density at radius 2 is 1.40 bits per heavy atom. The van der Waals surface area contributed by atoms with Crippen LogP contribution in [0.1, 0.15) is 103 Å². The van der Waals surface area contributed by atoms with Crippen molar-refractivity contribution in [3.05, 3.63) is 41.2 Å². The highest BCUT2D eigenvalue weighted by atomic mass is 16.5. The molecule has 1 aromatic carbocycles. The van der Waals surface area contributed by atoms with Crippen molar-refractivity contribution in [1.29, 1.82) is 0 Å². The van der Waals surface area contributed by atoms with Crippen molar-refractivity contribution in [2.75, 3.05) is 6.61 Å². The molecule has 0 saturated carbocycles. The lowest BCUT2D eigenvalue weighted by atomic mass is 9.99. The van der Waals surface area contributed by atoms with E-state index in [1.54, 1.807) is 0 Å². The predicted molar refractivity (Wildman–Crippen MR) is 112 cm³/mol. The summed E-state index contributed by atoms with van der Waals surface area (Å²) in [7, 11) is 0. The van der Waals surface area contributed by atoms with E-state index in [2.05, 4.69) is 52.0 Å². The smallest absolute Gasteiger partial charge is 0.0994 e. The number of rotatable bonds is 14. The zero-order chi connectivity index (χ0) is 18.3. The lowest BCUT2D eigenvalue weighted by molar-refractivity contribution is 0.195. The molecule has 0 radical (unpaired) electrons. The molecule has 25 heavy (non-hydrogen) atoms. The summed E-state index contributed by atoms with van der Waals surface area (Å²) in [5.74, 6) is 1.21. The number of hydrogen-bond donors (Lipinski definition) is 0. The molecule has 1 nitrogen and oxygen atoms in total. The Balaban J connectivity index is 2.43. The third-order valence-corrected chi connectivity index (χ3v) is 5.00. The molecule has 0 aromatic heterocycles. The van der Waals surface area contributed by atoms with Gasteiger partial charge in [0, 0.05) is 6.42 Å². The molecule has 0 bridgehead atoms. The number of allylic oxidation sites excluding steroid dienone is 2. The van der Waals surface area contributed by atoms with Crippen LogP contribution in [-0.4, -0.2) is 6.61 Å². The lowest BCUT2D eigenvalue weighted by Gasteiger charge is -2.16. The van der Waals surface area contributed by atoms with Crippen molar-refractivity contribution >= 4 is 5.57 Å². The summed E-state index contributed by atoms with van der Waals surface area (Å²) >= 11 is 0. The quantitative estimate of drug-likeness (QED) is 0.245. The van der Waals surface area contributed by atoms with E-state index in [4.69, 9.17) is 4.74 Å². The zero-order valence-electron chi connectivity index (χ0n) is 17.2. The summed E-state index contributed by atoms with van der Waals surface area (Å²) in [6.45, 7) is 9.81. The molecular weight excluding hydrogens is 304 g/mol. The van der Waals surface area contributed by atoms with Gasteiger partial charge in [0.05, 0.1) is 12.4 Å². The summed E-state index contributed by atoms with van der Waals surface area (Å²) in [6, 6.07) is 8.64. The van der Waals surface area contributed by atoms with Crippen LogP contribution in [0.4, 0.5) is 0 Å². The first kappa shape index (κ1) is 21.8. The highest BCUT2D eigenvalue weighted by molar-refractivity contribution is 5.68. The number of ether oxygens (including phenoxy) is 1. The van der Waals surface area contributed by atoms with Gasteiger partial charge in [-0.1, -0.05) is 89.5 Å². The molecule has 0 unspecified atom stereocenters. The maximum absolute atomic E-state index is 6.24. The summed E-state index contributed by atoms with van der Waals surface area (Å²) < 4.78 is 6.24. The van der Waals surface area contributed by atoms with Crippen molar-refractivity contribution in [3.8, 4) is 0 Å². The van der Waals surface area contributed by atoms with E-state index >= 15 is 0 Å². The van der Waals surface area contributed by atoms with Crippen LogP contribution >= 0.6 is 0 Å². The van der Waals surface area contributed by atoms with Crippen molar-refractivity contribution in [3.63, 3.8) is 0 Å². The molecule has 0 atom stereocenters. The summed E-state index contributed by atoms with van der Waals surface area (Å²) in [6.07, 6.45) is 14.3. The number of aryl methyl sites for hydroxylation is 1. The van der Waals surface area contributed by atoms with Gasteiger partial charge >= 0.3 is 0 Å². The normalized spacial score (nSPS) is 12.2. The van der Waals surface area contributed by atoms with Crippen LogP contribution in [0.25, 0.3) is 5.57 Å². The molecule has 142 valence electrons. The first-order chi connectivity index (χ1) is 12.2. The van der Waals surface area contributed by atoms with E-state index in [1.165, 1.54) is 86.7 Å². The molecule has 0 heterocycles. The largest absolute Gasteiger partial charge is 0.498 e. The van der Waals surface area contributed by atoms with Gasteiger partial charge in [0.2, 0.25) is 0 Å². The molecule has 0 aliphatic carbocycles. The van der Waals surface area contributed by atoms with Gasteiger partial charge in [-0.2, -0.15) is 0 Å². The minimum absolute atomic E-state index is 0.872. The van der Waals surface area contributed by atoms with Crippen molar-refractivity contribution in [2.45, 2.75) is 98.3 Å².